The summed E-state index contributed by atoms with van der Waals surface area (Å²) < 4.78 is 25.6. The third-order valence-electron chi connectivity index (χ3n) is 4.69. The van der Waals surface area contributed by atoms with Gasteiger partial charge in [-0.05, 0) is 41.7 Å². The summed E-state index contributed by atoms with van der Waals surface area (Å²) in [5.74, 6) is 6.28. The van der Waals surface area contributed by atoms with E-state index < -0.39 is 0 Å². The number of benzene rings is 3. The maximum absolute atomic E-state index is 13.8. The summed E-state index contributed by atoms with van der Waals surface area (Å²) >= 11 is 0. The van der Waals surface area contributed by atoms with Crippen LogP contribution in [0.4, 0.5) is 4.39 Å². The predicted molar refractivity (Wildman–Crippen MR) is 121 cm³/mol. The molecule has 0 amide bonds. The van der Waals surface area contributed by atoms with E-state index >= 15 is 0 Å². The summed E-state index contributed by atoms with van der Waals surface area (Å²) in [5, 5.41) is 8.32. The topological polar surface area (TPSA) is 44.2 Å². The Morgan fingerprint density at radius 1 is 0.750 bits per heavy atom. The molecular weight excluding hydrogens is 403 g/mol. The van der Waals surface area contributed by atoms with Crippen LogP contribution < -0.4 is 9.47 Å². The van der Waals surface area contributed by atoms with Crippen molar-refractivity contribution in [3.05, 3.63) is 119 Å². The van der Waals surface area contributed by atoms with E-state index in [1.54, 1.807) is 25.1 Å². The fourth-order valence-corrected chi connectivity index (χ4v) is 2.90. The molecule has 4 nitrogen and oxygen atoms in total. The Labute approximate surface area is 186 Å². The molecule has 32 heavy (non-hydrogen) atoms. The third-order valence-corrected chi connectivity index (χ3v) is 4.69. The van der Waals surface area contributed by atoms with Crippen LogP contribution in [0.5, 0.6) is 11.6 Å². The average molecular weight is 424 g/mol. The molecule has 1 heterocycles. The molecule has 158 valence electrons. The van der Waals surface area contributed by atoms with Gasteiger partial charge in [0, 0.05) is 11.6 Å². The quantitative estimate of drug-likeness (QED) is 0.385. The Morgan fingerprint density at radius 2 is 1.41 bits per heavy atom. The number of halogens is 1. The summed E-state index contributed by atoms with van der Waals surface area (Å²) in [6, 6.07) is 26.2. The molecule has 0 saturated heterocycles. The molecular formula is C27H21FN2O2. The minimum Gasteiger partial charge on any atom is -0.483 e. The van der Waals surface area contributed by atoms with E-state index in [1.807, 2.05) is 60.7 Å². The van der Waals surface area contributed by atoms with E-state index in [2.05, 4.69) is 22.0 Å². The second kappa shape index (κ2) is 10.2. The van der Waals surface area contributed by atoms with E-state index in [1.165, 1.54) is 6.07 Å². The molecule has 0 fully saturated rings. The van der Waals surface area contributed by atoms with Gasteiger partial charge in [-0.15, -0.1) is 10.2 Å². The monoisotopic (exact) mass is 424 g/mol. The second-order valence-corrected chi connectivity index (χ2v) is 7.16. The Balaban J connectivity index is 1.56. The van der Waals surface area contributed by atoms with Crippen LogP contribution in [0.2, 0.25) is 0 Å². The lowest BCUT2D eigenvalue weighted by Gasteiger charge is -2.11. The van der Waals surface area contributed by atoms with Gasteiger partial charge in [0.15, 0.2) is 5.75 Å². The first-order chi connectivity index (χ1) is 15.7. The lowest BCUT2D eigenvalue weighted by Crippen LogP contribution is -2.04. The minimum absolute atomic E-state index is 0.289. The SMILES string of the molecule is Cc1ccc(C#Cc2cc(OCc3ccccc3)c(OCc3ccccc3)nn2)cc1F. The molecule has 0 N–H and O–H groups in total. The molecule has 0 saturated carbocycles. The number of aromatic nitrogens is 2. The molecule has 4 rings (SSSR count). The second-order valence-electron chi connectivity index (χ2n) is 7.16. The molecule has 0 aliphatic rings. The highest BCUT2D eigenvalue weighted by Crippen LogP contribution is 2.26. The standard InChI is InChI=1S/C27H21FN2O2/c1-20-12-13-21(16-25(20)28)14-15-24-17-26(31-18-22-8-4-2-5-9-22)27(30-29-24)32-19-23-10-6-3-7-11-23/h2-13,16-17H,18-19H2,1H3. The van der Waals surface area contributed by atoms with Crippen LogP contribution in [0, 0.1) is 24.6 Å². The molecule has 0 unspecified atom stereocenters. The number of rotatable bonds is 6. The van der Waals surface area contributed by atoms with Gasteiger partial charge in [-0.1, -0.05) is 72.7 Å². The lowest BCUT2D eigenvalue weighted by atomic mass is 10.1. The van der Waals surface area contributed by atoms with Crippen molar-refractivity contribution in [2.45, 2.75) is 20.1 Å². The van der Waals surface area contributed by atoms with Gasteiger partial charge >= 0.3 is 0 Å². The fraction of sp³-hybridized carbons (Fsp3) is 0.111. The maximum atomic E-state index is 13.8. The van der Waals surface area contributed by atoms with Gasteiger partial charge in [0.25, 0.3) is 5.88 Å². The summed E-state index contributed by atoms with van der Waals surface area (Å²) in [6.07, 6.45) is 0. The van der Waals surface area contributed by atoms with Crippen molar-refractivity contribution in [1.82, 2.24) is 10.2 Å². The van der Waals surface area contributed by atoms with Crippen molar-refractivity contribution in [2.75, 3.05) is 0 Å². The van der Waals surface area contributed by atoms with Crippen LogP contribution in [0.1, 0.15) is 27.9 Å². The molecule has 5 heteroatoms. The Bertz CT molecular complexity index is 1250. The summed E-state index contributed by atoms with van der Waals surface area (Å²) in [4.78, 5) is 0. The Morgan fingerprint density at radius 3 is 2.06 bits per heavy atom. The van der Waals surface area contributed by atoms with E-state index in [0.29, 0.717) is 35.8 Å². The van der Waals surface area contributed by atoms with Crippen LogP contribution in [-0.2, 0) is 13.2 Å². The van der Waals surface area contributed by atoms with Gasteiger partial charge in [0.1, 0.15) is 24.7 Å². The molecule has 0 radical (unpaired) electrons. The van der Waals surface area contributed by atoms with Crippen LogP contribution >= 0.6 is 0 Å². The molecule has 0 atom stereocenters. The Hall–Kier alpha value is -4.17. The predicted octanol–water partition coefficient (Wildman–Crippen LogP) is 5.48. The highest BCUT2D eigenvalue weighted by Gasteiger charge is 2.11. The number of hydrogen-bond acceptors (Lipinski definition) is 4. The van der Waals surface area contributed by atoms with Crippen molar-refractivity contribution < 1.29 is 13.9 Å². The number of hydrogen-bond donors (Lipinski definition) is 0. The first-order valence-electron chi connectivity index (χ1n) is 10.2. The average Bonchev–Trinajstić information content (AvgIpc) is 2.84. The lowest BCUT2D eigenvalue weighted by molar-refractivity contribution is 0.244. The van der Waals surface area contributed by atoms with Gasteiger partial charge in [-0.2, -0.15) is 0 Å². The Kier molecular flexibility index (Phi) is 6.74. The van der Waals surface area contributed by atoms with Crippen LogP contribution in [-0.4, -0.2) is 10.2 Å². The first-order valence-corrected chi connectivity index (χ1v) is 10.2. The van der Waals surface area contributed by atoms with Crippen molar-refractivity contribution in [3.8, 4) is 23.5 Å². The van der Waals surface area contributed by atoms with Crippen molar-refractivity contribution >= 4 is 0 Å². The highest BCUT2D eigenvalue weighted by atomic mass is 19.1. The van der Waals surface area contributed by atoms with Crippen LogP contribution in [0.3, 0.4) is 0 Å². The minimum atomic E-state index is -0.292. The number of aryl methyl sites for hydroxylation is 1. The van der Waals surface area contributed by atoms with Crippen molar-refractivity contribution in [1.29, 1.82) is 0 Å². The zero-order valence-electron chi connectivity index (χ0n) is 17.6. The van der Waals surface area contributed by atoms with Crippen molar-refractivity contribution in [2.24, 2.45) is 0 Å². The summed E-state index contributed by atoms with van der Waals surface area (Å²) in [5.41, 5.74) is 3.56. The van der Waals surface area contributed by atoms with Crippen LogP contribution in [0.15, 0.2) is 84.9 Å². The largest absolute Gasteiger partial charge is 0.483 e. The normalized spacial score (nSPS) is 10.2. The van der Waals surface area contributed by atoms with Gasteiger partial charge in [0.05, 0.1) is 0 Å². The van der Waals surface area contributed by atoms with E-state index in [-0.39, 0.29) is 11.7 Å². The fourth-order valence-electron chi connectivity index (χ4n) is 2.90. The number of nitrogens with zero attached hydrogens (tertiary/aromatic N) is 2. The van der Waals surface area contributed by atoms with Crippen LogP contribution in [0.25, 0.3) is 0 Å². The molecule has 3 aromatic carbocycles. The first kappa shape index (κ1) is 21.1. The van der Waals surface area contributed by atoms with Crippen molar-refractivity contribution in [3.63, 3.8) is 0 Å². The highest BCUT2D eigenvalue weighted by molar-refractivity contribution is 5.44. The summed E-state index contributed by atoms with van der Waals surface area (Å²) in [7, 11) is 0. The molecule has 4 aromatic rings. The van der Waals surface area contributed by atoms with Gasteiger partial charge in [-0.3, -0.25) is 0 Å². The van der Waals surface area contributed by atoms with Gasteiger partial charge < -0.3 is 9.47 Å². The molecule has 0 bridgehead atoms. The van der Waals surface area contributed by atoms with Gasteiger partial charge in [-0.25, -0.2) is 4.39 Å². The number of ether oxygens (including phenoxy) is 2. The molecule has 1 aromatic heterocycles. The molecule has 0 aliphatic heterocycles. The zero-order chi connectivity index (χ0) is 22.2. The molecule has 0 aliphatic carbocycles. The zero-order valence-corrected chi connectivity index (χ0v) is 17.6. The smallest absolute Gasteiger partial charge is 0.276 e. The van der Waals surface area contributed by atoms with Gasteiger partial charge in [0.2, 0.25) is 0 Å². The van der Waals surface area contributed by atoms with E-state index in [9.17, 15) is 4.39 Å². The maximum Gasteiger partial charge on any atom is 0.276 e. The van der Waals surface area contributed by atoms with E-state index in [4.69, 9.17) is 9.47 Å². The molecule has 0 spiro atoms. The third kappa shape index (κ3) is 5.71. The van der Waals surface area contributed by atoms with E-state index in [0.717, 1.165) is 11.1 Å². The summed E-state index contributed by atoms with van der Waals surface area (Å²) in [6.45, 7) is 2.40.